The molecule has 1 fully saturated rings. The van der Waals surface area contributed by atoms with Gasteiger partial charge in [0.15, 0.2) is 5.17 Å². The van der Waals surface area contributed by atoms with Crippen LogP contribution in [0.3, 0.4) is 0 Å². The number of hydrogen-bond donors (Lipinski definition) is 1. The summed E-state index contributed by atoms with van der Waals surface area (Å²) in [6.07, 6.45) is 6.57. The van der Waals surface area contributed by atoms with Crippen LogP contribution in [-0.2, 0) is 11.2 Å². The monoisotopic (exact) mass is 564 g/mol. The van der Waals surface area contributed by atoms with Gasteiger partial charge in [-0.15, -0.1) is 0 Å². The number of aromatic nitrogens is 1. The lowest BCUT2D eigenvalue weighted by molar-refractivity contribution is -0.122. The molecule has 0 atom stereocenters. The normalized spacial score (nSPS) is 18.5. The van der Waals surface area contributed by atoms with Crippen molar-refractivity contribution in [1.82, 2.24) is 9.88 Å². The number of para-hydroxylation sites is 2. The number of amidine groups is 1. The number of H-pyrrole nitrogens is 1. The number of amides is 1. The lowest BCUT2D eigenvalue weighted by atomic mass is 9.88. The number of aliphatic imine (C=N–C) groups is 1. The minimum atomic E-state index is -0.340. The highest BCUT2D eigenvalue weighted by atomic mass is 32.2. The van der Waals surface area contributed by atoms with E-state index in [0.29, 0.717) is 28.6 Å². The van der Waals surface area contributed by atoms with Gasteiger partial charge in [-0.05, 0) is 93.4 Å². The number of aromatic amines is 1. The van der Waals surface area contributed by atoms with E-state index < -0.39 is 0 Å². The van der Waals surface area contributed by atoms with Crippen LogP contribution in [0.25, 0.3) is 22.6 Å². The molecular formula is C34H33FN4OS. The van der Waals surface area contributed by atoms with Crippen molar-refractivity contribution in [1.29, 1.82) is 0 Å². The zero-order valence-corrected chi connectivity index (χ0v) is 24.6. The largest absolute Gasteiger partial charge is 0.363 e. The summed E-state index contributed by atoms with van der Waals surface area (Å²) in [5.41, 5.74) is 6.15. The molecule has 5 nitrogen and oxygen atoms in total. The Labute approximate surface area is 244 Å². The van der Waals surface area contributed by atoms with Crippen LogP contribution in [0.15, 0.2) is 88.9 Å². The van der Waals surface area contributed by atoms with Crippen LogP contribution < -0.4 is 4.90 Å². The van der Waals surface area contributed by atoms with Gasteiger partial charge >= 0.3 is 0 Å². The highest BCUT2D eigenvalue weighted by molar-refractivity contribution is 8.18. The Bertz CT molecular complexity index is 1730. The Morgan fingerprint density at radius 2 is 1.83 bits per heavy atom. The molecule has 0 radical (unpaired) electrons. The summed E-state index contributed by atoms with van der Waals surface area (Å²) in [6.45, 7) is 9.66. The zero-order chi connectivity index (χ0) is 28.7. The number of fused-ring (bicyclic) bond motifs is 2. The Morgan fingerprint density at radius 3 is 2.61 bits per heavy atom. The van der Waals surface area contributed by atoms with Crippen molar-refractivity contribution in [3.05, 3.63) is 106 Å². The number of hydrogen-bond acceptors (Lipinski definition) is 4. The smallest absolute Gasteiger partial charge is 0.266 e. The molecule has 1 amide bonds. The Hall–Kier alpha value is -4.10. The van der Waals surface area contributed by atoms with Gasteiger partial charge in [-0.3, -0.25) is 9.69 Å². The Balaban J connectivity index is 1.35. The van der Waals surface area contributed by atoms with Gasteiger partial charge in [0.25, 0.3) is 5.91 Å². The maximum absolute atomic E-state index is 15.6. The zero-order valence-electron chi connectivity index (χ0n) is 23.7. The lowest BCUT2D eigenvalue weighted by Gasteiger charge is -2.42. The SMILES string of the molecule is CCN1c2cc(F)c(/C=C3/SC(=Nc4ccccc4)N(CCc4c[nH]c5ccccc45)C3=O)cc2C(C)=CC1(C)C. The average Bonchev–Trinajstić information content (AvgIpc) is 3.49. The van der Waals surface area contributed by atoms with Crippen LogP contribution in [0, 0.1) is 5.82 Å². The van der Waals surface area contributed by atoms with Gasteiger partial charge in [-0.25, -0.2) is 9.38 Å². The van der Waals surface area contributed by atoms with Crippen LogP contribution >= 0.6 is 11.8 Å². The minimum Gasteiger partial charge on any atom is -0.363 e. The maximum Gasteiger partial charge on any atom is 0.266 e. The highest BCUT2D eigenvalue weighted by Crippen LogP contribution is 2.41. The first-order chi connectivity index (χ1) is 19.7. The molecule has 0 spiro atoms. The van der Waals surface area contributed by atoms with Crippen LogP contribution in [0.1, 0.15) is 44.4 Å². The molecule has 2 aliphatic heterocycles. The standard InChI is InChI=1S/C34H33FN4OS/c1-5-39-30-19-28(35)24(17-27(30)22(2)20-34(39,3)4)18-31-32(40)38(33(41-31)37-25-11-7-6-8-12-25)16-15-23-21-36-29-14-10-9-13-26(23)29/h6-14,17-21,36H,5,15-16H2,1-4H3/b31-18+,37-33?. The predicted molar refractivity (Wildman–Crippen MR) is 170 cm³/mol. The van der Waals surface area contributed by atoms with Crippen molar-refractivity contribution < 1.29 is 9.18 Å². The van der Waals surface area contributed by atoms with E-state index in [1.807, 2.05) is 60.8 Å². The summed E-state index contributed by atoms with van der Waals surface area (Å²) < 4.78 is 15.6. The van der Waals surface area contributed by atoms with Crippen molar-refractivity contribution in [2.75, 3.05) is 18.0 Å². The molecule has 0 unspecified atom stereocenters. The third kappa shape index (κ3) is 5.10. The molecule has 1 aromatic heterocycles. The summed E-state index contributed by atoms with van der Waals surface area (Å²) in [6, 6.07) is 21.2. The van der Waals surface area contributed by atoms with E-state index in [0.717, 1.165) is 45.5 Å². The molecule has 0 bridgehead atoms. The summed E-state index contributed by atoms with van der Waals surface area (Å²) in [7, 11) is 0. The van der Waals surface area contributed by atoms with Crippen molar-refractivity contribution in [2.24, 2.45) is 4.99 Å². The molecule has 2 aliphatic rings. The van der Waals surface area contributed by atoms with Gasteiger partial charge in [-0.2, -0.15) is 0 Å². The van der Waals surface area contributed by atoms with E-state index in [2.05, 4.69) is 49.7 Å². The number of carbonyl (C=O) groups excluding carboxylic acids is 1. The summed E-state index contributed by atoms with van der Waals surface area (Å²) in [5, 5.41) is 1.74. The van der Waals surface area contributed by atoms with Crippen molar-refractivity contribution >= 4 is 56.8 Å². The van der Waals surface area contributed by atoms with E-state index in [9.17, 15) is 4.79 Å². The van der Waals surface area contributed by atoms with Gasteiger partial charge in [0.1, 0.15) is 5.82 Å². The van der Waals surface area contributed by atoms with Crippen molar-refractivity contribution in [3.63, 3.8) is 0 Å². The number of allylic oxidation sites excluding steroid dienone is 1. The first-order valence-corrected chi connectivity index (χ1v) is 14.8. The number of halogens is 1. The quantitative estimate of drug-likeness (QED) is 0.240. The molecule has 6 rings (SSSR count). The van der Waals surface area contributed by atoms with Gasteiger partial charge in [0.2, 0.25) is 0 Å². The van der Waals surface area contributed by atoms with E-state index in [1.54, 1.807) is 17.0 Å². The molecule has 0 aliphatic carbocycles. The fourth-order valence-electron chi connectivity index (χ4n) is 5.92. The van der Waals surface area contributed by atoms with E-state index in [4.69, 9.17) is 4.99 Å². The topological polar surface area (TPSA) is 51.7 Å². The fourth-order valence-corrected chi connectivity index (χ4v) is 6.93. The molecular weight excluding hydrogens is 531 g/mol. The third-order valence-corrected chi connectivity index (χ3v) is 8.85. The first kappa shape index (κ1) is 27.1. The van der Waals surface area contributed by atoms with Gasteiger partial charge < -0.3 is 9.88 Å². The third-order valence-electron chi connectivity index (χ3n) is 7.85. The molecule has 4 aromatic rings. The molecule has 7 heteroatoms. The van der Waals surface area contributed by atoms with E-state index in [1.165, 1.54) is 11.8 Å². The summed E-state index contributed by atoms with van der Waals surface area (Å²) in [5.74, 6) is -0.502. The number of nitrogens with zero attached hydrogens (tertiary/aromatic N) is 3. The molecule has 1 saturated heterocycles. The van der Waals surface area contributed by atoms with Crippen molar-refractivity contribution in [2.45, 2.75) is 39.7 Å². The maximum atomic E-state index is 15.6. The molecule has 41 heavy (non-hydrogen) atoms. The first-order valence-electron chi connectivity index (χ1n) is 14.0. The molecule has 3 heterocycles. The number of benzene rings is 3. The van der Waals surface area contributed by atoms with Gasteiger partial charge in [0.05, 0.1) is 16.1 Å². The van der Waals surface area contributed by atoms with Gasteiger partial charge in [0, 0.05) is 47.0 Å². The Morgan fingerprint density at radius 1 is 1.07 bits per heavy atom. The fraction of sp³-hybridized carbons (Fsp3) is 0.235. The van der Waals surface area contributed by atoms with E-state index >= 15 is 4.39 Å². The molecule has 1 N–H and O–H groups in total. The minimum absolute atomic E-state index is 0.162. The number of anilines is 1. The average molecular weight is 565 g/mol. The van der Waals surface area contributed by atoms with Crippen molar-refractivity contribution in [3.8, 4) is 0 Å². The van der Waals surface area contributed by atoms with Crippen LogP contribution in [-0.4, -0.2) is 39.6 Å². The highest BCUT2D eigenvalue weighted by Gasteiger charge is 2.35. The summed E-state index contributed by atoms with van der Waals surface area (Å²) >= 11 is 1.30. The second kappa shape index (κ2) is 10.7. The number of nitrogens with one attached hydrogen (secondary N) is 1. The van der Waals surface area contributed by atoms with E-state index in [-0.39, 0.29) is 17.3 Å². The van der Waals surface area contributed by atoms with Gasteiger partial charge in [-0.1, -0.05) is 42.5 Å². The predicted octanol–water partition coefficient (Wildman–Crippen LogP) is 8.18. The molecule has 208 valence electrons. The molecule has 0 saturated carbocycles. The van der Waals surface area contributed by atoms with Crippen LogP contribution in [0.2, 0.25) is 0 Å². The second-order valence-corrected chi connectivity index (χ2v) is 12.0. The Kier molecular flexibility index (Phi) is 7.08. The second-order valence-electron chi connectivity index (χ2n) is 11.0. The molecule has 3 aromatic carbocycles. The lowest BCUT2D eigenvalue weighted by Crippen LogP contribution is -2.45. The van der Waals surface area contributed by atoms with Crippen LogP contribution in [0.4, 0.5) is 15.8 Å². The number of likely N-dealkylation sites (N-methyl/N-ethyl adjacent to an activating group) is 1. The number of rotatable bonds is 6. The number of thioether (sulfide) groups is 1. The number of carbonyl (C=O) groups is 1. The van der Waals surface area contributed by atoms with Crippen LogP contribution in [0.5, 0.6) is 0 Å². The summed E-state index contributed by atoms with van der Waals surface area (Å²) in [4.78, 5) is 26.3.